The van der Waals surface area contributed by atoms with Crippen molar-refractivity contribution >= 4 is 47.8 Å². The Morgan fingerprint density at radius 1 is 1.09 bits per heavy atom. The van der Waals surface area contributed by atoms with Gasteiger partial charge in [-0.05, 0) is 24.1 Å². The Hall–Kier alpha value is 0.660. The van der Waals surface area contributed by atoms with Gasteiger partial charge in [-0.2, -0.15) is 0 Å². The van der Waals surface area contributed by atoms with Crippen molar-refractivity contribution in [3.8, 4) is 0 Å². The average Bonchev–Trinajstić information content (AvgIpc) is 1.97. The maximum atomic E-state index is 3.50. The predicted molar refractivity (Wildman–Crippen MR) is 59.3 cm³/mol. The van der Waals surface area contributed by atoms with E-state index in [4.69, 9.17) is 0 Å². The molecule has 60 valence electrons. The van der Waals surface area contributed by atoms with Crippen LogP contribution in [0.4, 0.5) is 0 Å². The third-order valence-electron chi connectivity index (χ3n) is 1.41. The summed E-state index contributed by atoms with van der Waals surface area (Å²) in [5.41, 5.74) is 1.32. The molecule has 0 fully saturated rings. The zero-order valence-corrected chi connectivity index (χ0v) is 10.5. The van der Waals surface area contributed by atoms with Crippen LogP contribution in [0.15, 0.2) is 27.1 Å². The summed E-state index contributed by atoms with van der Waals surface area (Å²) in [6, 6.07) is 6.14. The Labute approximate surface area is 91.8 Å². The molecule has 0 saturated carbocycles. The van der Waals surface area contributed by atoms with Gasteiger partial charge in [0.25, 0.3) is 0 Å². The standard InChI is InChI=1S/C8H7Br3/c9-5-4-6-7(10)2-1-3-8(6)11/h1-3H,4-5H2. The first-order valence-electron chi connectivity index (χ1n) is 3.24. The second-order valence-electron chi connectivity index (χ2n) is 2.14. The lowest BCUT2D eigenvalue weighted by Gasteiger charge is -2.03. The molecule has 0 heterocycles. The number of hydrogen-bond donors (Lipinski definition) is 0. The van der Waals surface area contributed by atoms with E-state index in [1.54, 1.807) is 0 Å². The molecule has 1 rings (SSSR count). The van der Waals surface area contributed by atoms with Crippen LogP contribution in [0.5, 0.6) is 0 Å². The van der Waals surface area contributed by atoms with E-state index in [0.29, 0.717) is 0 Å². The fourth-order valence-corrected chi connectivity index (χ4v) is 2.66. The Bertz CT molecular complexity index is 225. The van der Waals surface area contributed by atoms with E-state index in [2.05, 4.69) is 59.9 Å². The number of benzene rings is 1. The summed E-state index contributed by atoms with van der Waals surface area (Å²) in [4.78, 5) is 0. The summed E-state index contributed by atoms with van der Waals surface area (Å²) < 4.78 is 2.35. The van der Waals surface area contributed by atoms with Crippen molar-refractivity contribution in [1.29, 1.82) is 0 Å². The lowest BCUT2D eigenvalue weighted by Crippen LogP contribution is -1.88. The van der Waals surface area contributed by atoms with Crippen LogP contribution in [0.1, 0.15) is 5.56 Å². The van der Waals surface area contributed by atoms with Crippen LogP contribution >= 0.6 is 47.8 Å². The first kappa shape index (κ1) is 9.75. The third kappa shape index (κ3) is 2.56. The topological polar surface area (TPSA) is 0 Å². The van der Waals surface area contributed by atoms with Crippen molar-refractivity contribution in [2.24, 2.45) is 0 Å². The molecule has 0 amide bonds. The summed E-state index contributed by atoms with van der Waals surface area (Å²) in [7, 11) is 0. The molecule has 0 aliphatic heterocycles. The van der Waals surface area contributed by atoms with Crippen LogP contribution in [0.3, 0.4) is 0 Å². The maximum Gasteiger partial charge on any atom is 0.0218 e. The number of halogens is 3. The van der Waals surface area contributed by atoms with E-state index in [9.17, 15) is 0 Å². The monoisotopic (exact) mass is 340 g/mol. The Morgan fingerprint density at radius 3 is 2.09 bits per heavy atom. The lowest BCUT2D eigenvalue weighted by atomic mass is 10.2. The van der Waals surface area contributed by atoms with E-state index in [-0.39, 0.29) is 0 Å². The van der Waals surface area contributed by atoms with E-state index in [1.165, 1.54) is 14.5 Å². The van der Waals surface area contributed by atoms with Gasteiger partial charge in [-0.25, -0.2) is 0 Å². The minimum absolute atomic E-state index is 0.994. The molecular weight excluding hydrogens is 336 g/mol. The van der Waals surface area contributed by atoms with Crippen LogP contribution in [0, 0.1) is 0 Å². The highest BCUT2D eigenvalue weighted by molar-refractivity contribution is 9.11. The van der Waals surface area contributed by atoms with E-state index < -0.39 is 0 Å². The molecule has 1 aromatic carbocycles. The second kappa shape index (κ2) is 4.63. The number of rotatable bonds is 2. The van der Waals surface area contributed by atoms with Gasteiger partial charge in [-0.1, -0.05) is 53.9 Å². The van der Waals surface area contributed by atoms with Crippen LogP contribution < -0.4 is 0 Å². The SMILES string of the molecule is BrCCc1c(Br)cccc1Br. The Morgan fingerprint density at radius 2 is 1.64 bits per heavy atom. The zero-order valence-electron chi connectivity index (χ0n) is 5.78. The van der Waals surface area contributed by atoms with Crippen LogP contribution in [-0.2, 0) is 6.42 Å². The molecule has 0 bridgehead atoms. The molecule has 0 saturated heterocycles. The molecular formula is C8H7Br3. The number of hydrogen-bond acceptors (Lipinski definition) is 0. The van der Waals surface area contributed by atoms with Gasteiger partial charge in [0.05, 0.1) is 0 Å². The van der Waals surface area contributed by atoms with Crippen LogP contribution in [0.2, 0.25) is 0 Å². The van der Waals surface area contributed by atoms with Gasteiger partial charge in [-0.15, -0.1) is 0 Å². The van der Waals surface area contributed by atoms with Gasteiger partial charge in [0.1, 0.15) is 0 Å². The summed E-state index contributed by atoms with van der Waals surface area (Å²) >= 11 is 10.4. The Kier molecular flexibility index (Phi) is 4.10. The summed E-state index contributed by atoms with van der Waals surface area (Å²) in [5, 5.41) is 0.994. The molecule has 0 radical (unpaired) electrons. The highest BCUT2D eigenvalue weighted by Gasteiger charge is 2.01. The van der Waals surface area contributed by atoms with Crippen LogP contribution in [-0.4, -0.2) is 5.33 Å². The molecule has 0 aromatic heterocycles. The molecule has 0 N–H and O–H groups in total. The summed E-state index contributed by atoms with van der Waals surface area (Å²) in [6.45, 7) is 0. The van der Waals surface area contributed by atoms with Crippen molar-refractivity contribution in [1.82, 2.24) is 0 Å². The van der Waals surface area contributed by atoms with Crippen LogP contribution in [0.25, 0.3) is 0 Å². The van der Waals surface area contributed by atoms with Gasteiger partial charge in [-0.3, -0.25) is 0 Å². The zero-order chi connectivity index (χ0) is 8.27. The fraction of sp³-hybridized carbons (Fsp3) is 0.250. The van der Waals surface area contributed by atoms with E-state index >= 15 is 0 Å². The normalized spacial score (nSPS) is 10.1. The van der Waals surface area contributed by atoms with Gasteiger partial charge < -0.3 is 0 Å². The van der Waals surface area contributed by atoms with Gasteiger partial charge in [0, 0.05) is 14.3 Å². The fourth-order valence-electron chi connectivity index (χ4n) is 0.866. The minimum Gasteiger partial charge on any atom is -0.0924 e. The Balaban J connectivity index is 3.00. The highest BCUT2D eigenvalue weighted by Crippen LogP contribution is 2.25. The van der Waals surface area contributed by atoms with Gasteiger partial charge in [0.15, 0.2) is 0 Å². The first-order valence-corrected chi connectivity index (χ1v) is 5.95. The van der Waals surface area contributed by atoms with E-state index in [0.717, 1.165) is 11.8 Å². The quantitative estimate of drug-likeness (QED) is 0.708. The molecule has 0 atom stereocenters. The molecule has 3 heteroatoms. The molecule has 1 aromatic rings. The summed E-state index contributed by atoms with van der Waals surface area (Å²) in [6.07, 6.45) is 1.04. The van der Waals surface area contributed by atoms with Crippen molar-refractivity contribution in [2.75, 3.05) is 5.33 Å². The maximum absolute atomic E-state index is 3.50. The molecule has 0 spiro atoms. The third-order valence-corrected chi connectivity index (χ3v) is 3.29. The predicted octanol–water partition coefficient (Wildman–Crippen LogP) is 4.15. The lowest BCUT2D eigenvalue weighted by molar-refractivity contribution is 1.14. The smallest absolute Gasteiger partial charge is 0.0218 e. The van der Waals surface area contributed by atoms with Crippen molar-refractivity contribution in [3.63, 3.8) is 0 Å². The van der Waals surface area contributed by atoms with Crippen molar-refractivity contribution in [2.45, 2.75) is 6.42 Å². The highest BCUT2D eigenvalue weighted by atomic mass is 79.9. The molecule has 11 heavy (non-hydrogen) atoms. The molecule has 0 nitrogen and oxygen atoms in total. The average molecular weight is 343 g/mol. The summed E-state index contributed by atoms with van der Waals surface area (Å²) in [5.74, 6) is 0. The molecule has 0 aliphatic carbocycles. The van der Waals surface area contributed by atoms with Gasteiger partial charge in [0.2, 0.25) is 0 Å². The number of alkyl halides is 1. The van der Waals surface area contributed by atoms with Crippen molar-refractivity contribution < 1.29 is 0 Å². The van der Waals surface area contributed by atoms with Crippen molar-refractivity contribution in [3.05, 3.63) is 32.7 Å². The molecule has 0 aliphatic rings. The largest absolute Gasteiger partial charge is 0.0924 e. The first-order chi connectivity index (χ1) is 5.25. The minimum atomic E-state index is 0.994. The second-order valence-corrected chi connectivity index (χ2v) is 4.64. The van der Waals surface area contributed by atoms with E-state index in [1.807, 2.05) is 6.07 Å². The van der Waals surface area contributed by atoms with Gasteiger partial charge >= 0.3 is 0 Å². The molecule has 0 unspecified atom stereocenters.